The van der Waals surface area contributed by atoms with Crippen molar-refractivity contribution >= 4 is 22.7 Å². The van der Waals surface area contributed by atoms with E-state index in [9.17, 15) is 5.11 Å². The van der Waals surface area contributed by atoms with E-state index in [0.717, 1.165) is 16.7 Å². The maximum atomic E-state index is 9.31. The molecule has 0 spiro atoms. The van der Waals surface area contributed by atoms with Crippen LogP contribution in [0.4, 0.5) is 5.69 Å². The number of nitrogens with one attached hydrogen (secondary N) is 1. The summed E-state index contributed by atoms with van der Waals surface area (Å²) in [4.78, 5) is 0. The van der Waals surface area contributed by atoms with Gasteiger partial charge in [0.1, 0.15) is 5.58 Å². The van der Waals surface area contributed by atoms with E-state index in [4.69, 9.17) is 4.42 Å². The molecule has 0 saturated heterocycles. The molecule has 2 rings (SSSR count). The van der Waals surface area contributed by atoms with Gasteiger partial charge in [0.15, 0.2) is 5.76 Å². The fourth-order valence-corrected chi connectivity index (χ4v) is 1.71. The maximum absolute atomic E-state index is 9.31. The Morgan fingerprint density at radius 2 is 2.12 bits per heavy atom. The van der Waals surface area contributed by atoms with E-state index in [2.05, 4.69) is 11.9 Å². The van der Waals surface area contributed by atoms with Gasteiger partial charge in [-0.05, 0) is 32.1 Å². The molecule has 0 aliphatic carbocycles. The second-order valence-electron chi connectivity index (χ2n) is 4.71. The third kappa shape index (κ3) is 2.19. The summed E-state index contributed by atoms with van der Waals surface area (Å²) >= 11 is 0. The van der Waals surface area contributed by atoms with Crippen LogP contribution in [0.1, 0.15) is 19.6 Å². The van der Waals surface area contributed by atoms with Gasteiger partial charge in [-0.1, -0.05) is 18.7 Å². The lowest BCUT2D eigenvalue weighted by atomic mass is 10.1. The van der Waals surface area contributed by atoms with Gasteiger partial charge in [0.25, 0.3) is 0 Å². The highest BCUT2D eigenvalue weighted by molar-refractivity contribution is 5.95. The molecule has 1 heterocycles. The average Bonchev–Trinajstić information content (AvgIpc) is 2.67. The highest BCUT2D eigenvalue weighted by atomic mass is 16.3. The van der Waals surface area contributed by atoms with Gasteiger partial charge in [-0.25, -0.2) is 0 Å². The maximum Gasteiger partial charge on any atom is 0.150 e. The second kappa shape index (κ2) is 4.26. The van der Waals surface area contributed by atoms with E-state index in [0.29, 0.717) is 5.76 Å². The zero-order chi connectivity index (χ0) is 12.5. The Balaban J connectivity index is 2.54. The van der Waals surface area contributed by atoms with Crippen LogP contribution in [0.25, 0.3) is 17.0 Å². The highest BCUT2D eigenvalue weighted by Crippen LogP contribution is 2.33. The molecule has 3 nitrogen and oxygen atoms in total. The number of aliphatic hydroxyl groups excluding tert-OH is 1. The lowest BCUT2D eigenvalue weighted by Gasteiger charge is -2.24. The Kier molecular flexibility index (Phi) is 2.94. The third-order valence-electron chi connectivity index (χ3n) is 2.67. The number of furan rings is 1. The topological polar surface area (TPSA) is 45.4 Å². The number of hydrogen-bond donors (Lipinski definition) is 2. The summed E-state index contributed by atoms with van der Waals surface area (Å²) in [7, 11) is 0. The van der Waals surface area contributed by atoms with Gasteiger partial charge in [-0.15, -0.1) is 0 Å². The van der Waals surface area contributed by atoms with E-state index in [-0.39, 0.29) is 6.61 Å². The van der Waals surface area contributed by atoms with Crippen LogP contribution in [-0.2, 0) is 0 Å². The summed E-state index contributed by atoms with van der Waals surface area (Å²) in [5, 5.41) is 13.6. The normalized spacial score (nSPS) is 11.7. The van der Waals surface area contributed by atoms with Crippen molar-refractivity contribution in [2.24, 2.45) is 0 Å². The van der Waals surface area contributed by atoms with Gasteiger partial charge in [0, 0.05) is 5.39 Å². The van der Waals surface area contributed by atoms with Gasteiger partial charge >= 0.3 is 0 Å². The molecule has 1 aromatic carbocycles. The molecular weight excluding hydrogens is 214 g/mol. The number of para-hydroxylation sites is 1. The molecule has 0 unspecified atom stereocenters. The average molecular weight is 231 g/mol. The minimum absolute atomic E-state index is 0.0447. The van der Waals surface area contributed by atoms with Crippen LogP contribution in [0.2, 0.25) is 0 Å². The molecule has 0 fully saturated rings. The molecule has 2 aromatic rings. The largest absolute Gasteiger partial charge is 0.454 e. The summed E-state index contributed by atoms with van der Waals surface area (Å²) in [5.74, 6) is 0.702. The van der Waals surface area contributed by atoms with Crippen molar-refractivity contribution in [3.05, 3.63) is 36.6 Å². The molecule has 0 radical (unpaired) electrons. The minimum Gasteiger partial charge on any atom is -0.454 e. The van der Waals surface area contributed by atoms with Crippen molar-refractivity contribution in [3.8, 4) is 0 Å². The Morgan fingerprint density at radius 1 is 1.41 bits per heavy atom. The standard InChI is InChI=1S/C14H17NO2/c1-4-11-13(15-14(2,3)9-16)10-7-5-6-8-12(10)17-11/h4-8,15-16H,1,9H2,2-3H3. The summed E-state index contributed by atoms with van der Waals surface area (Å²) < 4.78 is 5.68. The Morgan fingerprint density at radius 3 is 2.76 bits per heavy atom. The van der Waals surface area contributed by atoms with Crippen LogP contribution in [0.5, 0.6) is 0 Å². The summed E-state index contributed by atoms with van der Waals surface area (Å²) in [5.41, 5.74) is 1.30. The smallest absolute Gasteiger partial charge is 0.150 e. The van der Waals surface area contributed by atoms with Crippen molar-refractivity contribution in [1.29, 1.82) is 0 Å². The van der Waals surface area contributed by atoms with Gasteiger partial charge in [-0.3, -0.25) is 0 Å². The quantitative estimate of drug-likeness (QED) is 0.849. The van der Waals surface area contributed by atoms with Crippen molar-refractivity contribution in [2.45, 2.75) is 19.4 Å². The number of anilines is 1. The molecule has 0 bridgehead atoms. The minimum atomic E-state index is -0.398. The zero-order valence-corrected chi connectivity index (χ0v) is 10.2. The number of fused-ring (bicyclic) bond motifs is 1. The molecule has 3 heteroatoms. The molecule has 0 aliphatic heterocycles. The van der Waals surface area contributed by atoms with Crippen LogP contribution < -0.4 is 5.32 Å². The number of aliphatic hydroxyl groups is 1. The molecule has 1 aromatic heterocycles. The SMILES string of the molecule is C=Cc1oc2ccccc2c1NC(C)(C)CO. The molecule has 17 heavy (non-hydrogen) atoms. The molecule has 0 aliphatic rings. The highest BCUT2D eigenvalue weighted by Gasteiger charge is 2.20. The van der Waals surface area contributed by atoms with E-state index in [1.807, 2.05) is 38.1 Å². The molecule has 2 N–H and O–H groups in total. The van der Waals surface area contributed by atoms with Gasteiger partial charge in [0.2, 0.25) is 0 Å². The Hall–Kier alpha value is -1.74. The first-order chi connectivity index (χ1) is 8.07. The van der Waals surface area contributed by atoms with Crippen molar-refractivity contribution in [2.75, 3.05) is 11.9 Å². The first-order valence-electron chi connectivity index (χ1n) is 5.60. The fraction of sp³-hybridized carbons (Fsp3) is 0.286. The Labute approximate surface area is 101 Å². The van der Waals surface area contributed by atoms with Crippen LogP contribution in [0, 0.1) is 0 Å². The lowest BCUT2D eigenvalue weighted by molar-refractivity contribution is 0.234. The van der Waals surface area contributed by atoms with Crippen LogP contribution in [0.3, 0.4) is 0 Å². The Bertz CT molecular complexity index is 540. The number of rotatable bonds is 4. The third-order valence-corrected chi connectivity index (χ3v) is 2.67. The van der Waals surface area contributed by atoms with E-state index in [1.165, 1.54) is 0 Å². The summed E-state index contributed by atoms with van der Waals surface area (Å²) in [6.07, 6.45) is 1.68. The second-order valence-corrected chi connectivity index (χ2v) is 4.71. The van der Waals surface area contributed by atoms with Crippen LogP contribution in [-0.4, -0.2) is 17.3 Å². The summed E-state index contributed by atoms with van der Waals surface area (Å²) in [6, 6.07) is 7.79. The first-order valence-corrected chi connectivity index (χ1v) is 5.60. The van der Waals surface area contributed by atoms with Crippen LogP contribution in [0.15, 0.2) is 35.3 Å². The van der Waals surface area contributed by atoms with E-state index < -0.39 is 5.54 Å². The van der Waals surface area contributed by atoms with Crippen molar-refractivity contribution in [3.63, 3.8) is 0 Å². The number of benzene rings is 1. The lowest BCUT2D eigenvalue weighted by Crippen LogP contribution is -2.35. The van der Waals surface area contributed by atoms with Crippen molar-refractivity contribution < 1.29 is 9.52 Å². The predicted octanol–water partition coefficient (Wildman–Crippen LogP) is 3.26. The van der Waals surface area contributed by atoms with E-state index in [1.54, 1.807) is 6.08 Å². The molecule has 90 valence electrons. The van der Waals surface area contributed by atoms with Gasteiger partial charge in [-0.2, -0.15) is 0 Å². The molecule has 0 saturated carbocycles. The van der Waals surface area contributed by atoms with Crippen molar-refractivity contribution in [1.82, 2.24) is 0 Å². The number of hydrogen-bond acceptors (Lipinski definition) is 3. The molecule has 0 amide bonds. The monoisotopic (exact) mass is 231 g/mol. The van der Waals surface area contributed by atoms with Gasteiger partial charge < -0.3 is 14.8 Å². The van der Waals surface area contributed by atoms with Crippen LogP contribution >= 0.6 is 0 Å². The molecule has 0 atom stereocenters. The summed E-state index contributed by atoms with van der Waals surface area (Å²) in [6.45, 7) is 7.66. The first kappa shape index (κ1) is 11.7. The zero-order valence-electron chi connectivity index (χ0n) is 10.2. The van der Waals surface area contributed by atoms with E-state index >= 15 is 0 Å². The predicted molar refractivity (Wildman–Crippen MR) is 71.1 cm³/mol. The van der Waals surface area contributed by atoms with Gasteiger partial charge in [0.05, 0.1) is 17.8 Å². The fourth-order valence-electron chi connectivity index (χ4n) is 1.71. The molecular formula is C14H17NO2.